The Hall–Kier alpha value is -1.58. The third kappa shape index (κ3) is 1.77. The zero-order valence-electron chi connectivity index (χ0n) is 9.86. The van der Waals surface area contributed by atoms with Crippen molar-refractivity contribution in [2.75, 3.05) is 6.54 Å². The second-order valence-corrected chi connectivity index (χ2v) is 4.86. The molecule has 4 heteroatoms. The lowest BCUT2D eigenvalue weighted by Crippen LogP contribution is -2.37. The molecule has 0 radical (unpaired) electrons. The third-order valence-corrected chi connectivity index (χ3v) is 3.55. The van der Waals surface area contributed by atoms with Crippen LogP contribution in [-0.2, 0) is 0 Å². The van der Waals surface area contributed by atoms with Gasteiger partial charge < -0.3 is 10.6 Å². The molecule has 3 rings (SSSR count). The molecule has 3 nitrogen and oxygen atoms in total. The van der Waals surface area contributed by atoms with Gasteiger partial charge in [-0.05, 0) is 37.0 Å². The molecule has 1 aromatic carbocycles. The van der Waals surface area contributed by atoms with E-state index in [1.54, 1.807) is 13.0 Å². The fourth-order valence-corrected chi connectivity index (χ4v) is 2.39. The topological polar surface area (TPSA) is 41.6 Å². The Bertz CT molecular complexity index is 480. The van der Waals surface area contributed by atoms with E-state index < -0.39 is 0 Å². The highest BCUT2D eigenvalue weighted by Gasteiger charge is 2.38. The fourth-order valence-electron chi connectivity index (χ4n) is 2.39. The number of aryl methyl sites for hydroxylation is 1. The number of nitrogens with two attached hydrogens (primary N) is 1. The monoisotopic (exact) mass is 233 g/mol. The minimum Gasteiger partial charge on any atom is -0.370 e. The lowest BCUT2D eigenvalue weighted by molar-refractivity contribution is 0.337. The van der Waals surface area contributed by atoms with Gasteiger partial charge in [0.15, 0.2) is 5.96 Å². The molecule has 2 N–H and O–H groups in total. The molecule has 1 atom stereocenters. The number of guanidine groups is 1. The molecule has 1 saturated carbocycles. The maximum Gasteiger partial charge on any atom is 0.192 e. The van der Waals surface area contributed by atoms with Crippen LogP contribution < -0.4 is 5.73 Å². The van der Waals surface area contributed by atoms with Gasteiger partial charge in [-0.2, -0.15) is 0 Å². The SMILES string of the molecule is Cc1ccc(C2CN=C(N)N2C2CC2)cc1F. The first-order chi connectivity index (χ1) is 8.16. The van der Waals surface area contributed by atoms with Gasteiger partial charge in [-0.25, -0.2) is 4.39 Å². The van der Waals surface area contributed by atoms with Gasteiger partial charge in [-0.15, -0.1) is 0 Å². The van der Waals surface area contributed by atoms with E-state index in [2.05, 4.69) is 9.89 Å². The van der Waals surface area contributed by atoms with Crippen LogP contribution in [0.5, 0.6) is 0 Å². The molecule has 1 aliphatic carbocycles. The Morgan fingerprint density at radius 3 is 2.82 bits per heavy atom. The van der Waals surface area contributed by atoms with Crippen LogP contribution in [0.2, 0.25) is 0 Å². The Balaban J connectivity index is 1.91. The van der Waals surface area contributed by atoms with Gasteiger partial charge in [0, 0.05) is 6.04 Å². The first-order valence-electron chi connectivity index (χ1n) is 6.01. The van der Waals surface area contributed by atoms with Crippen molar-refractivity contribution in [1.29, 1.82) is 0 Å². The number of hydrogen-bond acceptors (Lipinski definition) is 3. The molecule has 2 aliphatic rings. The van der Waals surface area contributed by atoms with Crippen LogP contribution in [0, 0.1) is 12.7 Å². The molecule has 0 amide bonds. The van der Waals surface area contributed by atoms with E-state index in [9.17, 15) is 4.39 Å². The minimum absolute atomic E-state index is 0.123. The van der Waals surface area contributed by atoms with E-state index in [-0.39, 0.29) is 11.9 Å². The van der Waals surface area contributed by atoms with Crippen LogP contribution in [0.1, 0.15) is 30.0 Å². The molecule has 90 valence electrons. The second-order valence-electron chi connectivity index (χ2n) is 4.86. The minimum atomic E-state index is -0.149. The number of benzene rings is 1. The standard InChI is InChI=1S/C13H16FN3/c1-8-2-3-9(6-11(8)14)12-7-16-13(15)17(12)10-4-5-10/h2-3,6,10,12H,4-5,7H2,1H3,(H2,15,16). The predicted molar refractivity (Wildman–Crippen MR) is 65.2 cm³/mol. The zero-order chi connectivity index (χ0) is 12.0. The smallest absolute Gasteiger partial charge is 0.192 e. The number of nitrogens with zero attached hydrogens (tertiary/aromatic N) is 2. The normalized spacial score (nSPS) is 24.0. The van der Waals surface area contributed by atoms with Crippen molar-refractivity contribution in [3.05, 3.63) is 35.1 Å². The van der Waals surface area contributed by atoms with Crippen molar-refractivity contribution < 1.29 is 4.39 Å². The number of hydrogen-bond donors (Lipinski definition) is 1. The van der Waals surface area contributed by atoms with Gasteiger partial charge in [-0.3, -0.25) is 4.99 Å². The van der Waals surface area contributed by atoms with Crippen molar-refractivity contribution in [3.63, 3.8) is 0 Å². The second kappa shape index (κ2) is 3.72. The van der Waals surface area contributed by atoms with E-state index in [1.807, 2.05) is 12.1 Å². The molecule has 0 bridgehead atoms. The number of rotatable bonds is 2. The van der Waals surface area contributed by atoms with Gasteiger partial charge in [0.05, 0.1) is 12.6 Å². The Morgan fingerprint density at radius 2 is 2.18 bits per heavy atom. The van der Waals surface area contributed by atoms with Crippen LogP contribution in [0.25, 0.3) is 0 Å². The molecule has 1 heterocycles. The summed E-state index contributed by atoms with van der Waals surface area (Å²) in [7, 11) is 0. The summed E-state index contributed by atoms with van der Waals surface area (Å²) in [5.74, 6) is 0.460. The van der Waals surface area contributed by atoms with Crippen LogP contribution in [0.4, 0.5) is 4.39 Å². The zero-order valence-corrected chi connectivity index (χ0v) is 9.86. The van der Waals surface area contributed by atoms with Gasteiger partial charge >= 0.3 is 0 Å². The average molecular weight is 233 g/mol. The molecule has 0 spiro atoms. The lowest BCUT2D eigenvalue weighted by atomic mass is 10.0. The van der Waals surface area contributed by atoms with Gasteiger partial charge in [0.25, 0.3) is 0 Å². The molecule has 17 heavy (non-hydrogen) atoms. The number of aliphatic imine (C=N–C) groups is 1. The van der Waals surface area contributed by atoms with Gasteiger partial charge in [-0.1, -0.05) is 12.1 Å². The summed E-state index contributed by atoms with van der Waals surface area (Å²) in [5.41, 5.74) is 7.55. The summed E-state index contributed by atoms with van der Waals surface area (Å²) in [6.07, 6.45) is 2.34. The van der Waals surface area contributed by atoms with Crippen LogP contribution >= 0.6 is 0 Å². The van der Waals surface area contributed by atoms with Gasteiger partial charge in [0.1, 0.15) is 5.82 Å². The van der Waals surface area contributed by atoms with Crippen LogP contribution in [0.15, 0.2) is 23.2 Å². The fraction of sp³-hybridized carbons (Fsp3) is 0.462. The van der Waals surface area contributed by atoms with E-state index in [4.69, 9.17) is 5.73 Å². The Morgan fingerprint density at radius 1 is 1.41 bits per heavy atom. The van der Waals surface area contributed by atoms with E-state index >= 15 is 0 Å². The molecule has 0 aromatic heterocycles. The summed E-state index contributed by atoms with van der Waals surface area (Å²) in [5, 5.41) is 0. The molecule has 1 aromatic rings. The molecule has 0 saturated heterocycles. The molecular formula is C13H16FN3. The summed E-state index contributed by atoms with van der Waals surface area (Å²) in [6, 6.07) is 6.05. The Labute approximate surface area is 100 Å². The summed E-state index contributed by atoms with van der Waals surface area (Å²) >= 11 is 0. The predicted octanol–water partition coefficient (Wildman–Crippen LogP) is 1.97. The quantitative estimate of drug-likeness (QED) is 0.848. The highest BCUT2D eigenvalue weighted by Crippen LogP contribution is 2.37. The highest BCUT2D eigenvalue weighted by atomic mass is 19.1. The summed E-state index contributed by atoms with van der Waals surface area (Å²) in [4.78, 5) is 6.43. The van der Waals surface area contributed by atoms with Crippen molar-refractivity contribution in [3.8, 4) is 0 Å². The highest BCUT2D eigenvalue weighted by molar-refractivity contribution is 5.81. The largest absolute Gasteiger partial charge is 0.370 e. The van der Waals surface area contributed by atoms with Crippen molar-refractivity contribution >= 4 is 5.96 Å². The van der Waals surface area contributed by atoms with E-state index in [0.717, 1.165) is 5.56 Å². The summed E-state index contributed by atoms with van der Waals surface area (Å²) < 4.78 is 13.6. The number of halogens is 1. The average Bonchev–Trinajstić information content (AvgIpc) is 3.06. The molecular weight excluding hydrogens is 217 g/mol. The first-order valence-corrected chi connectivity index (χ1v) is 6.01. The molecule has 1 aliphatic heterocycles. The maximum atomic E-state index is 13.6. The van der Waals surface area contributed by atoms with E-state index in [0.29, 0.717) is 24.1 Å². The lowest BCUT2D eigenvalue weighted by Gasteiger charge is -2.26. The summed E-state index contributed by atoms with van der Waals surface area (Å²) in [6.45, 7) is 2.42. The third-order valence-electron chi connectivity index (χ3n) is 3.55. The van der Waals surface area contributed by atoms with E-state index in [1.165, 1.54) is 12.8 Å². The van der Waals surface area contributed by atoms with Gasteiger partial charge in [0.2, 0.25) is 0 Å². The molecule has 1 unspecified atom stereocenters. The van der Waals surface area contributed by atoms with Crippen molar-refractivity contribution in [1.82, 2.24) is 4.90 Å². The van der Waals surface area contributed by atoms with Crippen LogP contribution in [-0.4, -0.2) is 23.4 Å². The first kappa shape index (κ1) is 10.6. The molecule has 1 fully saturated rings. The Kier molecular flexibility index (Phi) is 2.31. The van der Waals surface area contributed by atoms with Crippen LogP contribution in [0.3, 0.4) is 0 Å². The maximum absolute atomic E-state index is 13.6. The van der Waals surface area contributed by atoms with Crippen molar-refractivity contribution in [2.24, 2.45) is 10.7 Å². The van der Waals surface area contributed by atoms with Crippen molar-refractivity contribution in [2.45, 2.75) is 31.8 Å².